The molecule has 0 unspecified atom stereocenters. The lowest BCUT2D eigenvalue weighted by molar-refractivity contribution is -0.119. The molecule has 1 N–H and O–H groups in total. The van der Waals surface area contributed by atoms with Gasteiger partial charge in [0.05, 0.1) is 29.4 Å². The summed E-state index contributed by atoms with van der Waals surface area (Å²) in [5.41, 5.74) is 2.98. The van der Waals surface area contributed by atoms with Crippen molar-refractivity contribution in [3.05, 3.63) is 30.5 Å². The number of aromatic nitrogens is 1. The molecule has 1 atom stereocenters. The van der Waals surface area contributed by atoms with E-state index in [0.29, 0.717) is 13.2 Å². The largest absolute Gasteiger partial charge is 0.381 e. The van der Waals surface area contributed by atoms with Crippen LogP contribution < -0.4 is 10.2 Å². The van der Waals surface area contributed by atoms with Crippen LogP contribution in [0.2, 0.25) is 0 Å². The number of fused-ring (bicyclic) bond motifs is 1. The summed E-state index contributed by atoms with van der Waals surface area (Å²) in [6, 6.07) is 8.04. The standard InChI is InChI=1S/C18H21N3O2/c22-18(13-7-11-23-12-13)20-15-5-6-16(21-9-1-2-10-21)17-14(15)4-3-8-19-17/h3-6,8,13H,1-2,7,9-12H2,(H,20,22)/t13-/m0/s1. The molecule has 2 fully saturated rings. The third kappa shape index (κ3) is 2.77. The molecule has 2 aliphatic rings. The van der Waals surface area contributed by atoms with E-state index in [2.05, 4.69) is 21.3 Å². The van der Waals surface area contributed by atoms with Crippen molar-refractivity contribution >= 4 is 28.2 Å². The normalized spacial score (nSPS) is 21.0. The van der Waals surface area contributed by atoms with Crippen molar-refractivity contribution in [3.8, 4) is 0 Å². The first-order chi connectivity index (χ1) is 11.3. The fourth-order valence-electron chi connectivity index (χ4n) is 3.46. The fraction of sp³-hybridized carbons (Fsp3) is 0.444. The molecule has 1 amide bonds. The predicted octanol–water partition coefficient (Wildman–Crippen LogP) is 2.81. The first-order valence-corrected chi connectivity index (χ1v) is 8.34. The van der Waals surface area contributed by atoms with Crippen molar-refractivity contribution in [2.24, 2.45) is 5.92 Å². The number of nitrogens with one attached hydrogen (secondary N) is 1. The number of hydrogen-bond donors (Lipinski definition) is 1. The maximum atomic E-state index is 12.4. The van der Waals surface area contributed by atoms with Gasteiger partial charge in [0.15, 0.2) is 0 Å². The van der Waals surface area contributed by atoms with Gasteiger partial charge in [0.1, 0.15) is 0 Å². The molecule has 0 bridgehead atoms. The smallest absolute Gasteiger partial charge is 0.229 e. The monoisotopic (exact) mass is 311 g/mol. The van der Waals surface area contributed by atoms with E-state index >= 15 is 0 Å². The molecule has 1 aromatic heterocycles. The molecular weight excluding hydrogens is 290 g/mol. The molecular formula is C18H21N3O2. The Bertz CT molecular complexity index is 719. The lowest BCUT2D eigenvalue weighted by atomic mass is 10.1. The minimum Gasteiger partial charge on any atom is -0.381 e. The molecule has 2 aromatic rings. The Balaban J connectivity index is 1.67. The number of rotatable bonds is 3. The third-order valence-corrected chi connectivity index (χ3v) is 4.75. The Labute approximate surface area is 135 Å². The summed E-state index contributed by atoms with van der Waals surface area (Å²) in [7, 11) is 0. The fourth-order valence-corrected chi connectivity index (χ4v) is 3.46. The third-order valence-electron chi connectivity index (χ3n) is 4.75. The molecule has 5 nitrogen and oxygen atoms in total. The molecule has 3 heterocycles. The van der Waals surface area contributed by atoms with Gasteiger partial charge in [-0.2, -0.15) is 0 Å². The van der Waals surface area contributed by atoms with E-state index in [-0.39, 0.29) is 11.8 Å². The highest BCUT2D eigenvalue weighted by atomic mass is 16.5. The van der Waals surface area contributed by atoms with Crippen molar-refractivity contribution in [3.63, 3.8) is 0 Å². The van der Waals surface area contributed by atoms with Gasteiger partial charge in [0, 0.05) is 31.3 Å². The molecule has 0 aliphatic carbocycles. The Hall–Kier alpha value is -2.14. The van der Waals surface area contributed by atoms with Gasteiger partial charge in [-0.05, 0) is 43.5 Å². The molecule has 0 radical (unpaired) electrons. The molecule has 4 rings (SSSR count). The van der Waals surface area contributed by atoms with E-state index in [0.717, 1.165) is 36.1 Å². The number of nitrogens with zero attached hydrogens (tertiary/aromatic N) is 2. The van der Waals surface area contributed by atoms with Gasteiger partial charge < -0.3 is 15.0 Å². The quantitative estimate of drug-likeness (QED) is 0.947. The number of amides is 1. The van der Waals surface area contributed by atoms with Crippen LogP contribution in [-0.2, 0) is 9.53 Å². The van der Waals surface area contributed by atoms with E-state index in [1.54, 1.807) is 0 Å². The number of pyridine rings is 1. The Morgan fingerprint density at radius 3 is 2.91 bits per heavy atom. The molecule has 2 saturated heterocycles. The van der Waals surface area contributed by atoms with Gasteiger partial charge >= 0.3 is 0 Å². The highest BCUT2D eigenvalue weighted by Crippen LogP contribution is 2.33. The van der Waals surface area contributed by atoms with E-state index < -0.39 is 0 Å². The first-order valence-electron chi connectivity index (χ1n) is 8.34. The number of benzene rings is 1. The molecule has 2 aliphatic heterocycles. The summed E-state index contributed by atoms with van der Waals surface area (Å²) in [4.78, 5) is 19.3. The van der Waals surface area contributed by atoms with Gasteiger partial charge in [-0.1, -0.05) is 0 Å². The minimum absolute atomic E-state index is 0.0417. The second-order valence-electron chi connectivity index (χ2n) is 6.28. The topological polar surface area (TPSA) is 54.5 Å². The van der Waals surface area contributed by atoms with E-state index in [4.69, 9.17) is 4.74 Å². The van der Waals surface area contributed by atoms with Crippen LogP contribution >= 0.6 is 0 Å². The van der Waals surface area contributed by atoms with Crippen molar-refractivity contribution in [2.75, 3.05) is 36.5 Å². The van der Waals surface area contributed by atoms with Crippen molar-refractivity contribution in [1.29, 1.82) is 0 Å². The lowest BCUT2D eigenvalue weighted by Crippen LogP contribution is -2.23. The van der Waals surface area contributed by atoms with Crippen LogP contribution in [0.1, 0.15) is 19.3 Å². The van der Waals surface area contributed by atoms with Crippen LogP contribution in [0.25, 0.3) is 10.9 Å². The van der Waals surface area contributed by atoms with Crippen LogP contribution in [0.4, 0.5) is 11.4 Å². The highest BCUT2D eigenvalue weighted by molar-refractivity contribution is 6.05. The highest BCUT2D eigenvalue weighted by Gasteiger charge is 2.24. The number of hydrogen-bond acceptors (Lipinski definition) is 4. The summed E-state index contributed by atoms with van der Waals surface area (Å²) in [6.45, 7) is 3.36. The maximum absolute atomic E-state index is 12.4. The molecule has 23 heavy (non-hydrogen) atoms. The minimum atomic E-state index is -0.0417. The van der Waals surface area contributed by atoms with Gasteiger partial charge in [0.25, 0.3) is 0 Å². The number of carbonyl (C=O) groups is 1. The van der Waals surface area contributed by atoms with Crippen LogP contribution in [0.5, 0.6) is 0 Å². The zero-order chi connectivity index (χ0) is 15.6. The molecule has 5 heteroatoms. The van der Waals surface area contributed by atoms with Crippen LogP contribution in [0.3, 0.4) is 0 Å². The summed E-state index contributed by atoms with van der Waals surface area (Å²) >= 11 is 0. The van der Waals surface area contributed by atoms with Crippen LogP contribution in [0, 0.1) is 5.92 Å². The molecule has 0 spiro atoms. The van der Waals surface area contributed by atoms with Crippen molar-refractivity contribution in [1.82, 2.24) is 4.98 Å². The van der Waals surface area contributed by atoms with Gasteiger partial charge in [-0.3, -0.25) is 9.78 Å². The second-order valence-corrected chi connectivity index (χ2v) is 6.28. The number of anilines is 2. The molecule has 1 aromatic carbocycles. The van der Waals surface area contributed by atoms with E-state index in [1.165, 1.54) is 18.5 Å². The van der Waals surface area contributed by atoms with Gasteiger partial charge in [0.2, 0.25) is 5.91 Å². The van der Waals surface area contributed by atoms with Crippen LogP contribution in [-0.4, -0.2) is 37.2 Å². The van der Waals surface area contributed by atoms with Gasteiger partial charge in [-0.25, -0.2) is 0 Å². The maximum Gasteiger partial charge on any atom is 0.229 e. The number of ether oxygens (including phenoxy) is 1. The Morgan fingerprint density at radius 1 is 1.26 bits per heavy atom. The Morgan fingerprint density at radius 2 is 2.13 bits per heavy atom. The zero-order valence-electron chi connectivity index (χ0n) is 13.1. The average Bonchev–Trinajstić information content (AvgIpc) is 3.29. The second kappa shape index (κ2) is 6.16. The first kappa shape index (κ1) is 14.5. The SMILES string of the molecule is O=C(Nc1ccc(N2CCCC2)c2ncccc12)[C@H]1CCOC1. The summed E-state index contributed by atoms with van der Waals surface area (Å²) in [6.07, 6.45) is 5.08. The summed E-state index contributed by atoms with van der Waals surface area (Å²) < 4.78 is 5.31. The molecule has 120 valence electrons. The Kier molecular flexibility index (Phi) is 3.87. The van der Waals surface area contributed by atoms with Gasteiger partial charge in [-0.15, -0.1) is 0 Å². The lowest BCUT2D eigenvalue weighted by Gasteiger charge is -2.20. The van der Waals surface area contributed by atoms with E-state index in [9.17, 15) is 4.79 Å². The predicted molar refractivity (Wildman–Crippen MR) is 90.7 cm³/mol. The van der Waals surface area contributed by atoms with Crippen LogP contribution in [0.15, 0.2) is 30.5 Å². The average molecular weight is 311 g/mol. The van der Waals surface area contributed by atoms with Crippen molar-refractivity contribution in [2.45, 2.75) is 19.3 Å². The summed E-state index contributed by atoms with van der Waals surface area (Å²) in [5.74, 6) is 0.00144. The summed E-state index contributed by atoms with van der Waals surface area (Å²) in [5, 5.41) is 4.07. The number of carbonyl (C=O) groups excluding carboxylic acids is 1. The van der Waals surface area contributed by atoms with Crippen molar-refractivity contribution < 1.29 is 9.53 Å². The zero-order valence-corrected chi connectivity index (χ0v) is 13.1. The van der Waals surface area contributed by atoms with E-state index in [1.807, 2.05) is 24.4 Å². The molecule has 0 saturated carbocycles.